The van der Waals surface area contributed by atoms with Crippen molar-refractivity contribution in [3.05, 3.63) is 16.1 Å². The Morgan fingerprint density at radius 3 is 2.53 bits per heavy atom. The molecule has 0 fully saturated rings. The van der Waals surface area contributed by atoms with E-state index in [1.807, 2.05) is 11.9 Å². The first-order valence-electron chi connectivity index (χ1n) is 11.4. The second kappa shape index (κ2) is 14.6. The molecule has 2 amide bonds. The van der Waals surface area contributed by atoms with Gasteiger partial charge in [-0.2, -0.15) is 0 Å². The van der Waals surface area contributed by atoms with E-state index in [0.29, 0.717) is 30.6 Å². The van der Waals surface area contributed by atoms with Crippen molar-refractivity contribution in [2.75, 3.05) is 20.3 Å². The van der Waals surface area contributed by atoms with Gasteiger partial charge in [-0.25, -0.2) is 4.98 Å². The lowest BCUT2D eigenvalue weighted by atomic mass is 9.97. The zero-order valence-corrected chi connectivity index (χ0v) is 22.3. The van der Waals surface area contributed by atoms with Crippen molar-refractivity contribution in [2.24, 2.45) is 11.8 Å². The summed E-state index contributed by atoms with van der Waals surface area (Å²) < 4.78 is 4.77. The van der Waals surface area contributed by atoms with Gasteiger partial charge in [-0.15, -0.1) is 20.6 Å². The minimum atomic E-state index is -0.290. The molecule has 1 aromatic rings. The first kappa shape index (κ1) is 28.5. The van der Waals surface area contributed by atoms with E-state index in [1.54, 1.807) is 12.3 Å². The van der Waals surface area contributed by atoms with Crippen LogP contribution in [0.1, 0.15) is 75.3 Å². The van der Waals surface area contributed by atoms with Crippen LogP contribution in [0.5, 0.6) is 0 Å². The van der Waals surface area contributed by atoms with E-state index in [9.17, 15) is 14.4 Å². The largest absolute Gasteiger partial charge is 0.469 e. The molecule has 0 spiro atoms. The minimum absolute atomic E-state index is 0.141. The summed E-state index contributed by atoms with van der Waals surface area (Å²) in [5, 5.41) is 5.63. The van der Waals surface area contributed by atoms with Gasteiger partial charge in [0.15, 0.2) is 0 Å². The zero-order valence-electron chi connectivity index (χ0n) is 20.3. The highest BCUT2D eigenvalue weighted by atomic mass is 32.1. The van der Waals surface area contributed by atoms with E-state index >= 15 is 0 Å². The average molecular weight is 486 g/mol. The van der Waals surface area contributed by atoms with Gasteiger partial charge in [-0.1, -0.05) is 34.1 Å². The highest BCUT2D eigenvalue weighted by Crippen LogP contribution is 2.20. The molecule has 1 heterocycles. The van der Waals surface area contributed by atoms with Crippen LogP contribution in [0, 0.1) is 11.8 Å². The predicted molar refractivity (Wildman–Crippen MR) is 133 cm³/mol. The number of hydrogen-bond donors (Lipinski definition) is 1. The van der Waals surface area contributed by atoms with Crippen LogP contribution in [0.2, 0.25) is 0 Å². The van der Waals surface area contributed by atoms with Gasteiger partial charge in [0.05, 0.1) is 18.0 Å². The number of aryl methyl sites for hydroxylation is 1. The lowest BCUT2D eigenvalue weighted by Gasteiger charge is -2.31. The maximum atomic E-state index is 12.6. The summed E-state index contributed by atoms with van der Waals surface area (Å²) in [7, 11) is 5.87. The van der Waals surface area contributed by atoms with Crippen molar-refractivity contribution in [1.29, 1.82) is 0 Å². The number of ether oxygens (including phenoxy) is 1. The smallest absolute Gasteiger partial charge is 0.308 e. The van der Waals surface area contributed by atoms with Crippen LogP contribution in [0.15, 0.2) is 5.38 Å². The molecular weight excluding hydrogens is 445 g/mol. The lowest BCUT2D eigenvalue weighted by molar-refractivity contribution is -0.145. The molecule has 1 rings (SSSR count). The van der Waals surface area contributed by atoms with E-state index in [4.69, 9.17) is 4.74 Å². The number of unbranched alkanes of at least 4 members (excludes halogenated alkanes) is 1. The summed E-state index contributed by atoms with van der Waals surface area (Å²) in [6.45, 7) is 8.15. The Morgan fingerprint density at radius 2 is 1.97 bits per heavy atom. The summed E-state index contributed by atoms with van der Waals surface area (Å²) in [5.74, 6) is -0.273. The van der Waals surface area contributed by atoms with Gasteiger partial charge >= 0.3 is 5.97 Å². The first-order valence-corrected chi connectivity index (χ1v) is 13.1. The number of carbonyl (C=O) groups excluding carboxylic acids is 3. The molecular formula is C23H40N3O4PS. The van der Waals surface area contributed by atoms with Crippen molar-refractivity contribution in [1.82, 2.24) is 15.2 Å². The summed E-state index contributed by atoms with van der Waals surface area (Å²) in [4.78, 5) is 43.2. The average Bonchev–Trinajstić information content (AvgIpc) is 3.24. The molecule has 0 bridgehead atoms. The van der Waals surface area contributed by atoms with Gasteiger partial charge in [0.2, 0.25) is 5.91 Å². The number of nitrogens with one attached hydrogen (secondary N) is 1. The summed E-state index contributed by atoms with van der Waals surface area (Å²) >= 11 is 1.47. The van der Waals surface area contributed by atoms with E-state index < -0.39 is 0 Å². The molecule has 7 nitrogen and oxygen atoms in total. The van der Waals surface area contributed by atoms with Crippen molar-refractivity contribution < 1.29 is 19.1 Å². The van der Waals surface area contributed by atoms with E-state index in [2.05, 4.69) is 40.3 Å². The third-order valence-corrected chi connectivity index (χ3v) is 7.18. The SMILES string of the molecule is CCCCC(=O)N(C)[C@H](CCc1nc(C(=O)N[C@@H](CP)C[C@H](C)C(=O)OC)cs1)C(C)C. The van der Waals surface area contributed by atoms with Gasteiger partial charge in [0, 0.05) is 37.4 Å². The summed E-state index contributed by atoms with van der Waals surface area (Å²) in [6, 6.07) is -0.0123. The molecule has 0 aliphatic carbocycles. The number of hydrogen-bond acceptors (Lipinski definition) is 6. The Kier molecular flexibility index (Phi) is 13.0. The number of thiazole rings is 1. The molecule has 182 valence electrons. The van der Waals surface area contributed by atoms with Crippen LogP contribution < -0.4 is 5.32 Å². The number of esters is 1. The van der Waals surface area contributed by atoms with Crippen LogP contribution in [0.4, 0.5) is 0 Å². The number of rotatable bonds is 14. The predicted octanol–water partition coefficient (Wildman–Crippen LogP) is 3.92. The molecule has 4 atom stereocenters. The van der Waals surface area contributed by atoms with E-state index in [1.165, 1.54) is 18.4 Å². The quantitative estimate of drug-likeness (QED) is 0.319. The molecule has 9 heteroatoms. The molecule has 0 radical (unpaired) electrons. The van der Waals surface area contributed by atoms with Crippen LogP contribution >= 0.6 is 20.6 Å². The highest BCUT2D eigenvalue weighted by molar-refractivity contribution is 7.16. The van der Waals surface area contributed by atoms with Gasteiger partial charge in [0.1, 0.15) is 5.69 Å². The number of nitrogens with zero attached hydrogens (tertiary/aromatic N) is 2. The van der Waals surface area contributed by atoms with Crippen molar-refractivity contribution >= 4 is 38.4 Å². The maximum Gasteiger partial charge on any atom is 0.308 e. The zero-order chi connectivity index (χ0) is 24.3. The molecule has 1 unspecified atom stereocenters. The van der Waals surface area contributed by atoms with Crippen LogP contribution in [0.3, 0.4) is 0 Å². The maximum absolute atomic E-state index is 12.6. The Bertz CT molecular complexity index is 741. The second-order valence-corrected chi connectivity index (χ2v) is 10.1. The van der Waals surface area contributed by atoms with Gasteiger partial charge in [0.25, 0.3) is 5.91 Å². The fraction of sp³-hybridized carbons (Fsp3) is 0.739. The third kappa shape index (κ3) is 9.14. The van der Waals surface area contributed by atoms with Crippen LogP contribution in [-0.4, -0.2) is 60.1 Å². The highest BCUT2D eigenvalue weighted by Gasteiger charge is 2.24. The van der Waals surface area contributed by atoms with E-state index in [0.717, 1.165) is 30.7 Å². The topological polar surface area (TPSA) is 88.6 Å². The molecule has 0 aliphatic rings. The number of methoxy groups -OCH3 is 1. The van der Waals surface area contributed by atoms with Gasteiger partial charge in [-0.3, -0.25) is 14.4 Å². The molecule has 1 aromatic heterocycles. The molecule has 0 saturated carbocycles. The summed E-state index contributed by atoms with van der Waals surface area (Å²) in [6.07, 6.45) is 5.18. The van der Waals surface area contributed by atoms with Crippen molar-refractivity contribution in [3.63, 3.8) is 0 Å². The number of carbonyl (C=O) groups is 3. The molecule has 0 aliphatic heterocycles. The first-order chi connectivity index (χ1) is 15.1. The molecule has 0 aromatic carbocycles. The van der Waals surface area contributed by atoms with Gasteiger partial charge < -0.3 is 15.0 Å². The van der Waals surface area contributed by atoms with Crippen LogP contribution in [0.25, 0.3) is 0 Å². The van der Waals surface area contributed by atoms with Crippen molar-refractivity contribution in [2.45, 2.75) is 78.3 Å². The third-order valence-electron chi connectivity index (χ3n) is 5.70. The number of amides is 2. The molecule has 1 N–H and O–H groups in total. The minimum Gasteiger partial charge on any atom is -0.469 e. The fourth-order valence-electron chi connectivity index (χ4n) is 3.66. The van der Waals surface area contributed by atoms with Gasteiger partial charge in [-0.05, 0) is 31.3 Å². The number of aromatic nitrogens is 1. The monoisotopic (exact) mass is 485 g/mol. The standard InChI is InChI=1S/C23H40N3O4PS/c1-7-8-9-21(27)26(5)19(15(2)3)10-11-20-25-18(14-32-20)22(28)24-17(13-31)12-16(4)23(29)30-6/h14-17,19H,7-13,31H2,1-6H3,(H,24,28)/t16-,17+,19+/m0/s1. The van der Waals surface area contributed by atoms with Crippen molar-refractivity contribution in [3.8, 4) is 0 Å². The Morgan fingerprint density at radius 1 is 1.28 bits per heavy atom. The van der Waals surface area contributed by atoms with E-state index in [-0.39, 0.29) is 35.8 Å². The fourth-order valence-corrected chi connectivity index (χ4v) is 4.77. The Hall–Kier alpha value is -1.53. The molecule has 32 heavy (non-hydrogen) atoms. The lowest BCUT2D eigenvalue weighted by Crippen LogP contribution is -2.40. The van der Waals surface area contributed by atoms with Crippen LogP contribution in [-0.2, 0) is 20.7 Å². The normalized spacial score (nSPS) is 14.0. The Labute approximate surface area is 199 Å². The summed E-state index contributed by atoms with van der Waals surface area (Å²) in [5.41, 5.74) is 0.396. The Balaban J connectivity index is 2.68. The second-order valence-electron chi connectivity index (χ2n) is 8.65. The molecule has 0 saturated heterocycles.